The molecule has 1 atom stereocenters. The van der Waals surface area contributed by atoms with E-state index in [0.717, 1.165) is 30.5 Å². The quantitative estimate of drug-likeness (QED) is 0.867. The van der Waals surface area contributed by atoms with Crippen molar-refractivity contribution >= 4 is 0 Å². The minimum atomic E-state index is 0.0912. The van der Waals surface area contributed by atoms with E-state index < -0.39 is 0 Å². The number of nitrogens with two attached hydrogens (primary N) is 1. The Morgan fingerprint density at radius 3 is 2.74 bits per heavy atom. The van der Waals surface area contributed by atoms with Crippen molar-refractivity contribution in [3.63, 3.8) is 0 Å². The fourth-order valence-corrected chi connectivity index (χ4v) is 3.05. The van der Waals surface area contributed by atoms with Crippen LogP contribution in [0.2, 0.25) is 0 Å². The van der Waals surface area contributed by atoms with Gasteiger partial charge in [0.1, 0.15) is 0 Å². The van der Waals surface area contributed by atoms with Crippen molar-refractivity contribution in [3.8, 4) is 5.69 Å². The molecule has 0 bridgehead atoms. The Kier molecular flexibility index (Phi) is 3.17. The lowest BCUT2D eigenvalue weighted by Gasteiger charge is -2.21. The molecule has 3 N–H and O–H groups in total. The summed E-state index contributed by atoms with van der Waals surface area (Å²) in [5, 5.41) is 9.12. The van der Waals surface area contributed by atoms with Gasteiger partial charge in [-0.1, -0.05) is 12.1 Å². The van der Waals surface area contributed by atoms with Gasteiger partial charge < -0.3 is 15.4 Å². The monoisotopic (exact) mass is 256 g/mol. The number of aromatic nitrogens is 1. The molecule has 1 heterocycles. The van der Waals surface area contributed by atoms with Gasteiger partial charge >= 0.3 is 0 Å². The van der Waals surface area contributed by atoms with Gasteiger partial charge in [-0.05, 0) is 55.5 Å². The largest absolute Gasteiger partial charge is 0.392 e. The van der Waals surface area contributed by atoms with Crippen molar-refractivity contribution in [2.45, 2.75) is 38.8 Å². The van der Waals surface area contributed by atoms with Gasteiger partial charge in [0, 0.05) is 23.1 Å². The van der Waals surface area contributed by atoms with E-state index in [2.05, 4.69) is 29.7 Å². The van der Waals surface area contributed by atoms with Gasteiger partial charge in [-0.15, -0.1) is 0 Å². The van der Waals surface area contributed by atoms with Crippen LogP contribution in [0.3, 0.4) is 0 Å². The van der Waals surface area contributed by atoms with Gasteiger partial charge in [0.05, 0.1) is 6.61 Å². The maximum absolute atomic E-state index is 9.12. The molecule has 0 aliphatic heterocycles. The van der Waals surface area contributed by atoms with Crippen LogP contribution in [-0.2, 0) is 13.0 Å². The number of aryl methyl sites for hydroxylation is 1. The summed E-state index contributed by atoms with van der Waals surface area (Å²) in [6, 6.07) is 10.5. The predicted octanol–water partition coefficient (Wildman–Crippen LogP) is 2.61. The van der Waals surface area contributed by atoms with Crippen molar-refractivity contribution in [1.29, 1.82) is 0 Å². The van der Waals surface area contributed by atoms with Crippen LogP contribution in [0.5, 0.6) is 0 Å². The number of fused-ring (bicyclic) bond motifs is 1. The zero-order valence-electron chi connectivity index (χ0n) is 11.3. The highest BCUT2D eigenvalue weighted by atomic mass is 16.3. The van der Waals surface area contributed by atoms with Crippen molar-refractivity contribution in [2.24, 2.45) is 5.73 Å². The molecule has 3 rings (SSSR count). The molecule has 19 heavy (non-hydrogen) atoms. The molecule has 1 aromatic carbocycles. The number of hydrogen-bond acceptors (Lipinski definition) is 2. The van der Waals surface area contributed by atoms with Crippen molar-refractivity contribution < 1.29 is 5.11 Å². The number of aliphatic hydroxyl groups excluding tert-OH is 1. The van der Waals surface area contributed by atoms with E-state index in [4.69, 9.17) is 10.8 Å². The average Bonchev–Trinajstić information content (AvgIpc) is 2.77. The Balaban J connectivity index is 2.09. The molecule has 1 aromatic heterocycles. The van der Waals surface area contributed by atoms with Crippen molar-refractivity contribution in [3.05, 3.63) is 52.8 Å². The molecule has 0 amide bonds. The molecule has 3 nitrogen and oxygen atoms in total. The minimum Gasteiger partial charge on any atom is -0.392 e. The highest BCUT2D eigenvalue weighted by molar-refractivity contribution is 5.44. The van der Waals surface area contributed by atoms with Gasteiger partial charge in [0.2, 0.25) is 0 Å². The van der Waals surface area contributed by atoms with Gasteiger partial charge in [-0.3, -0.25) is 0 Å². The first kappa shape index (κ1) is 12.5. The molecule has 0 saturated carbocycles. The van der Waals surface area contributed by atoms with Gasteiger partial charge in [-0.25, -0.2) is 0 Å². The van der Waals surface area contributed by atoms with E-state index in [0.29, 0.717) is 0 Å². The molecular weight excluding hydrogens is 236 g/mol. The Labute approximate surface area is 113 Å². The highest BCUT2D eigenvalue weighted by Gasteiger charge is 2.22. The maximum Gasteiger partial charge on any atom is 0.0681 e. The Morgan fingerprint density at radius 1 is 1.32 bits per heavy atom. The standard InChI is InChI=1S/C16H20N2O/c1-11-9-14-15(17)3-2-4-16(14)18(11)13-7-5-12(10-19)6-8-13/h5-9,15,19H,2-4,10,17H2,1H3. The smallest absolute Gasteiger partial charge is 0.0681 e. The van der Waals surface area contributed by atoms with Gasteiger partial charge in [0.15, 0.2) is 0 Å². The topological polar surface area (TPSA) is 51.2 Å². The second-order valence-corrected chi connectivity index (χ2v) is 5.35. The molecule has 0 fully saturated rings. The summed E-state index contributed by atoms with van der Waals surface area (Å²) < 4.78 is 2.30. The van der Waals surface area contributed by atoms with E-state index in [9.17, 15) is 0 Å². The van der Waals surface area contributed by atoms with E-state index in [1.54, 1.807) is 0 Å². The second kappa shape index (κ2) is 4.83. The number of rotatable bonds is 2. The van der Waals surface area contributed by atoms with E-state index in [-0.39, 0.29) is 12.6 Å². The summed E-state index contributed by atoms with van der Waals surface area (Å²) in [6.07, 6.45) is 3.34. The van der Waals surface area contributed by atoms with Crippen LogP contribution < -0.4 is 5.73 Å². The fraction of sp³-hybridized carbons (Fsp3) is 0.375. The number of benzene rings is 1. The third-order valence-corrected chi connectivity index (χ3v) is 4.03. The molecule has 0 saturated heterocycles. The molecule has 3 heteroatoms. The number of hydrogen-bond donors (Lipinski definition) is 2. The second-order valence-electron chi connectivity index (χ2n) is 5.35. The molecule has 1 unspecified atom stereocenters. The molecule has 0 spiro atoms. The van der Waals surface area contributed by atoms with Crippen molar-refractivity contribution in [2.75, 3.05) is 0 Å². The van der Waals surface area contributed by atoms with E-state index in [1.165, 1.54) is 17.0 Å². The van der Waals surface area contributed by atoms with E-state index in [1.807, 2.05) is 12.1 Å². The molecule has 1 aliphatic rings. The van der Waals surface area contributed by atoms with Crippen LogP contribution in [0.15, 0.2) is 30.3 Å². The minimum absolute atomic E-state index is 0.0912. The first-order valence-corrected chi connectivity index (χ1v) is 6.87. The molecular formula is C16H20N2O. The van der Waals surface area contributed by atoms with Crippen molar-refractivity contribution in [1.82, 2.24) is 4.57 Å². The van der Waals surface area contributed by atoms with Crippen LogP contribution in [0.4, 0.5) is 0 Å². The van der Waals surface area contributed by atoms with Crippen LogP contribution in [0.25, 0.3) is 5.69 Å². The van der Waals surface area contributed by atoms with E-state index >= 15 is 0 Å². The first-order valence-electron chi connectivity index (χ1n) is 6.87. The highest BCUT2D eigenvalue weighted by Crippen LogP contribution is 2.32. The number of aliphatic hydroxyl groups is 1. The summed E-state index contributed by atoms with van der Waals surface area (Å²) >= 11 is 0. The predicted molar refractivity (Wildman–Crippen MR) is 76.3 cm³/mol. The summed E-state index contributed by atoms with van der Waals surface area (Å²) in [5.41, 5.74) is 12.2. The summed E-state index contributed by atoms with van der Waals surface area (Å²) in [6.45, 7) is 2.22. The molecule has 1 aliphatic carbocycles. The summed E-state index contributed by atoms with van der Waals surface area (Å²) in [7, 11) is 0. The lowest BCUT2D eigenvalue weighted by molar-refractivity contribution is 0.282. The summed E-state index contributed by atoms with van der Waals surface area (Å²) in [4.78, 5) is 0. The third-order valence-electron chi connectivity index (χ3n) is 4.03. The van der Waals surface area contributed by atoms with Gasteiger partial charge in [0.25, 0.3) is 0 Å². The summed E-state index contributed by atoms with van der Waals surface area (Å²) in [5.74, 6) is 0. The van der Waals surface area contributed by atoms with Crippen LogP contribution in [0.1, 0.15) is 41.4 Å². The zero-order valence-corrected chi connectivity index (χ0v) is 11.3. The third kappa shape index (κ3) is 2.09. The zero-order chi connectivity index (χ0) is 13.4. The molecule has 0 radical (unpaired) electrons. The Morgan fingerprint density at radius 2 is 2.05 bits per heavy atom. The lowest BCUT2D eigenvalue weighted by Crippen LogP contribution is -2.17. The Bertz CT molecular complexity index is 584. The maximum atomic E-state index is 9.12. The van der Waals surface area contributed by atoms with Gasteiger partial charge in [-0.2, -0.15) is 0 Å². The fourth-order valence-electron chi connectivity index (χ4n) is 3.05. The molecule has 100 valence electrons. The average molecular weight is 256 g/mol. The normalized spacial score (nSPS) is 18.4. The van der Waals surface area contributed by atoms with Crippen LogP contribution in [-0.4, -0.2) is 9.67 Å². The van der Waals surface area contributed by atoms with Crippen LogP contribution in [0, 0.1) is 6.92 Å². The molecule has 2 aromatic rings. The number of nitrogens with zero attached hydrogens (tertiary/aromatic N) is 1. The van der Waals surface area contributed by atoms with Crippen LogP contribution >= 0.6 is 0 Å². The Hall–Kier alpha value is -1.58. The first-order chi connectivity index (χ1) is 9.20. The SMILES string of the molecule is Cc1cc2c(n1-c1ccc(CO)cc1)CCCC2N. The lowest BCUT2D eigenvalue weighted by atomic mass is 9.93.